The Hall–Kier alpha value is -1.27. The molecule has 0 spiro atoms. The van der Waals surface area contributed by atoms with Gasteiger partial charge in [0, 0.05) is 13.0 Å². The van der Waals surface area contributed by atoms with Gasteiger partial charge in [0.05, 0.1) is 18.1 Å². The summed E-state index contributed by atoms with van der Waals surface area (Å²) in [6.07, 6.45) is 1.92. The first-order valence-corrected chi connectivity index (χ1v) is 5.33. The molecule has 0 amide bonds. The van der Waals surface area contributed by atoms with E-state index in [4.69, 9.17) is 11.6 Å². The van der Waals surface area contributed by atoms with Crippen molar-refractivity contribution in [3.63, 3.8) is 0 Å². The van der Waals surface area contributed by atoms with Crippen molar-refractivity contribution in [3.05, 3.63) is 31.6 Å². The van der Waals surface area contributed by atoms with Crippen molar-refractivity contribution < 1.29 is 0 Å². The smallest absolute Gasteiger partial charge is 0.326 e. The maximum Gasteiger partial charge on any atom is 0.326 e. The first-order chi connectivity index (χ1) is 7.66. The van der Waals surface area contributed by atoms with Crippen molar-refractivity contribution in [1.82, 2.24) is 15.3 Å². The topological polar surface area (TPSA) is 90.1 Å². The minimum atomic E-state index is -0.574. The van der Waals surface area contributed by atoms with Crippen LogP contribution in [0.3, 0.4) is 0 Å². The predicted molar refractivity (Wildman–Crippen MR) is 68.3 cm³/mol. The van der Waals surface area contributed by atoms with Crippen LogP contribution in [0.25, 0.3) is 0 Å². The van der Waals surface area contributed by atoms with Crippen molar-refractivity contribution in [2.75, 3.05) is 6.54 Å². The van der Waals surface area contributed by atoms with Gasteiger partial charge in [0.1, 0.15) is 5.02 Å². The Kier molecular flexibility index (Phi) is 4.77. The van der Waals surface area contributed by atoms with Crippen molar-refractivity contribution >= 4 is 29.8 Å². The summed E-state index contributed by atoms with van der Waals surface area (Å²) < 4.78 is 0. The third-order valence-electron chi connectivity index (χ3n) is 2.30. The average Bonchev–Trinajstić information content (AvgIpc) is 2.74. The molecule has 17 heavy (non-hydrogen) atoms. The molecule has 0 atom stereocenters. The molecule has 3 N–H and O–H groups in total. The Morgan fingerprint density at radius 1 is 1.35 bits per heavy atom. The molecule has 1 aromatic heterocycles. The first-order valence-electron chi connectivity index (χ1n) is 4.95. The Morgan fingerprint density at radius 3 is 2.76 bits per heavy atom. The van der Waals surface area contributed by atoms with Crippen LogP contribution in [0.15, 0.2) is 14.6 Å². The molecule has 0 aliphatic carbocycles. The Balaban J connectivity index is 0.00000144. The fourth-order valence-corrected chi connectivity index (χ4v) is 1.68. The van der Waals surface area contributed by atoms with Gasteiger partial charge in [-0.05, 0) is 6.42 Å². The molecule has 94 valence electrons. The van der Waals surface area contributed by atoms with Crippen LogP contribution in [0, 0.1) is 0 Å². The van der Waals surface area contributed by atoms with Gasteiger partial charge in [0.25, 0.3) is 5.56 Å². The molecule has 1 aliphatic heterocycles. The number of halogens is 2. The number of H-pyrrole nitrogens is 2. The molecule has 2 heterocycles. The molecule has 0 radical (unpaired) electrons. The lowest BCUT2D eigenvalue weighted by atomic mass is 10.3. The van der Waals surface area contributed by atoms with Crippen LogP contribution >= 0.6 is 24.0 Å². The molecule has 1 aliphatic rings. The van der Waals surface area contributed by atoms with Crippen LogP contribution in [0.4, 0.5) is 0 Å². The Morgan fingerprint density at radius 2 is 2.12 bits per heavy atom. The average molecular weight is 279 g/mol. The van der Waals surface area contributed by atoms with E-state index in [0.29, 0.717) is 12.2 Å². The number of nitrogens with one attached hydrogen (secondary N) is 3. The molecule has 0 saturated heterocycles. The monoisotopic (exact) mass is 278 g/mol. The molecule has 0 aromatic carbocycles. The van der Waals surface area contributed by atoms with Crippen LogP contribution in [-0.2, 0) is 6.54 Å². The predicted octanol–water partition coefficient (Wildman–Crippen LogP) is 0.420. The van der Waals surface area contributed by atoms with Gasteiger partial charge < -0.3 is 10.3 Å². The van der Waals surface area contributed by atoms with Gasteiger partial charge in [0.15, 0.2) is 0 Å². The SMILES string of the molecule is Cl.O=c1[nH]c(CNC2=NCCC2)c(Cl)c(=O)[nH]1. The molecular weight excluding hydrogens is 267 g/mol. The van der Waals surface area contributed by atoms with Gasteiger partial charge >= 0.3 is 5.69 Å². The van der Waals surface area contributed by atoms with Crippen molar-refractivity contribution in [2.24, 2.45) is 4.99 Å². The number of amidine groups is 1. The molecule has 1 aromatic rings. The summed E-state index contributed by atoms with van der Waals surface area (Å²) in [6.45, 7) is 1.12. The summed E-state index contributed by atoms with van der Waals surface area (Å²) in [7, 11) is 0. The lowest BCUT2D eigenvalue weighted by molar-refractivity contribution is 0.830. The van der Waals surface area contributed by atoms with Crippen LogP contribution in [-0.4, -0.2) is 22.3 Å². The maximum absolute atomic E-state index is 11.2. The van der Waals surface area contributed by atoms with Gasteiger partial charge in [-0.25, -0.2) is 4.79 Å². The maximum atomic E-state index is 11.2. The van der Waals surface area contributed by atoms with Crippen molar-refractivity contribution in [2.45, 2.75) is 19.4 Å². The number of hydrogen-bond acceptors (Lipinski definition) is 4. The van der Waals surface area contributed by atoms with Crippen LogP contribution < -0.4 is 16.6 Å². The molecule has 0 saturated carbocycles. The Bertz CT molecular complexity index is 535. The van der Waals surface area contributed by atoms with Crippen LogP contribution in [0.1, 0.15) is 18.5 Å². The van der Waals surface area contributed by atoms with E-state index in [2.05, 4.69) is 20.3 Å². The number of aromatic nitrogens is 2. The minimum Gasteiger partial charge on any atom is -0.368 e. The highest BCUT2D eigenvalue weighted by Crippen LogP contribution is 2.06. The van der Waals surface area contributed by atoms with Crippen LogP contribution in [0.2, 0.25) is 5.02 Å². The third-order valence-corrected chi connectivity index (χ3v) is 2.70. The highest BCUT2D eigenvalue weighted by molar-refractivity contribution is 6.31. The minimum absolute atomic E-state index is 0. The number of aliphatic imine (C=N–C) groups is 1. The van der Waals surface area contributed by atoms with E-state index in [1.165, 1.54) is 0 Å². The standard InChI is InChI=1S/C9H11ClN4O2.ClH/c10-7-5(13-9(16)14-8(7)15)4-12-6-2-1-3-11-6;/h1-4H2,(H,11,12)(H2,13,14,15,16);1H. The lowest BCUT2D eigenvalue weighted by Crippen LogP contribution is -2.29. The lowest BCUT2D eigenvalue weighted by Gasteiger charge is -2.06. The van der Waals surface area contributed by atoms with Gasteiger partial charge in [0.2, 0.25) is 0 Å². The summed E-state index contributed by atoms with van der Waals surface area (Å²) in [6, 6.07) is 0. The first kappa shape index (κ1) is 13.8. The van der Waals surface area contributed by atoms with E-state index < -0.39 is 11.2 Å². The highest BCUT2D eigenvalue weighted by atomic mass is 35.5. The van der Waals surface area contributed by atoms with E-state index in [1.807, 2.05) is 0 Å². The van der Waals surface area contributed by atoms with Gasteiger partial charge in [-0.2, -0.15) is 0 Å². The largest absolute Gasteiger partial charge is 0.368 e. The zero-order valence-corrected chi connectivity index (χ0v) is 10.5. The number of rotatable bonds is 2. The summed E-state index contributed by atoms with van der Waals surface area (Å²) in [4.78, 5) is 31.0. The number of nitrogens with zero attached hydrogens (tertiary/aromatic N) is 1. The quantitative estimate of drug-likeness (QED) is 0.732. The summed E-state index contributed by atoms with van der Waals surface area (Å²) in [5.74, 6) is 0.886. The van der Waals surface area contributed by atoms with Crippen molar-refractivity contribution in [3.8, 4) is 0 Å². The van der Waals surface area contributed by atoms with E-state index in [-0.39, 0.29) is 17.4 Å². The van der Waals surface area contributed by atoms with Crippen molar-refractivity contribution in [1.29, 1.82) is 0 Å². The molecule has 0 fully saturated rings. The molecule has 0 unspecified atom stereocenters. The van der Waals surface area contributed by atoms with Gasteiger partial charge in [-0.3, -0.25) is 14.8 Å². The second-order valence-electron chi connectivity index (χ2n) is 3.49. The fourth-order valence-electron chi connectivity index (χ4n) is 1.51. The number of hydrogen-bond donors (Lipinski definition) is 3. The van der Waals surface area contributed by atoms with E-state index in [1.54, 1.807) is 0 Å². The van der Waals surface area contributed by atoms with E-state index in [9.17, 15) is 9.59 Å². The molecule has 2 rings (SSSR count). The Labute approximate surface area is 108 Å². The number of aromatic amines is 2. The summed E-state index contributed by atoms with van der Waals surface area (Å²) in [5.41, 5.74) is -0.750. The summed E-state index contributed by atoms with van der Waals surface area (Å²) >= 11 is 5.76. The summed E-state index contributed by atoms with van der Waals surface area (Å²) in [5, 5.41) is 3.04. The molecule has 0 bridgehead atoms. The second kappa shape index (κ2) is 5.88. The second-order valence-corrected chi connectivity index (χ2v) is 3.86. The van der Waals surface area contributed by atoms with E-state index >= 15 is 0 Å². The highest BCUT2D eigenvalue weighted by Gasteiger charge is 2.09. The van der Waals surface area contributed by atoms with Gasteiger partial charge in [-0.1, -0.05) is 11.6 Å². The molecule has 6 nitrogen and oxygen atoms in total. The zero-order chi connectivity index (χ0) is 11.5. The fraction of sp³-hybridized carbons (Fsp3) is 0.444. The van der Waals surface area contributed by atoms with E-state index in [0.717, 1.165) is 25.2 Å². The molecule has 8 heteroatoms. The molecular formula is C9H12Cl2N4O2. The third kappa shape index (κ3) is 3.34. The van der Waals surface area contributed by atoms with Gasteiger partial charge in [-0.15, -0.1) is 12.4 Å². The van der Waals surface area contributed by atoms with Crippen LogP contribution in [0.5, 0.6) is 0 Å². The zero-order valence-electron chi connectivity index (χ0n) is 8.88. The normalized spacial score (nSPS) is 14.1.